The van der Waals surface area contributed by atoms with Crippen molar-refractivity contribution >= 4 is 21.8 Å². The van der Waals surface area contributed by atoms with E-state index in [4.69, 9.17) is 0 Å². The van der Waals surface area contributed by atoms with Crippen molar-refractivity contribution in [3.63, 3.8) is 0 Å². The summed E-state index contributed by atoms with van der Waals surface area (Å²) in [5.74, 6) is 0.589. The van der Waals surface area contributed by atoms with E-state index in [1.165, 1.54) is 19.3 Å². The molecule has 4 nitrogen and oxygen atoms in total. The highest BCUT2D eigenvalue weighted by atomic mass is 79.9. The third kappa shape index (κ3) is 2.40. The molecule has 15 heavy (non-hydrogen) atoms. The number of halogens is 1. The summed E-state index contributed by atoms with van der Waals surface area (Å²) >= 11 is 3.31. The van der Waals surface area contributed by atoms with Crippen LogP contribution in [0.25, 0.3) is 0 Å². The van der Waals surface area contributed by atoms with Crippen molar-refractivity contribution in [2.45, 2.75) is 19.3 Å². The second-order valence-electron chi connectivity index (χ2n) is 4.01. The van der Waals surface area contributed by atoms with Crippen LogP contribution in [0.1, 0.15) is 29.8 Å². The van der Waals surface area contributed by atoms with E-state index < -0.39 is 0 Å². The maximum absolute atomic E-state index is 11.7. The molecule has 1 amide bonds. The molecule has 2 rings (SSSR count). The molecule has 0 atom stereocenters. The van der Waals surface area contributed by atoms with Crippen molar-refractivity contribution in [1.82, 2.24) is 15.1 Å². The highest BCUT2D eigenvalue weighted by Crippen LogP contribution is 2.25. The summed E-state index contributed by atoms with van der Waals surface area (Å²) in [6.45, 7) is 0.780. The molecule has 82 valence electrons. The van der Waals surface area contributed by atoms with E-state index in [9.17, 15) is 4.79 Å². The fraction of sp³-hybridized carbons (Fsp3) is 0.600. The van der Waals surface area contributed by atoms with Gasteiger partial charge < -0.3 is 5.32 Å². The number of carbonyl (C=O) groups is 1. The lowest BCUT2D eigenvalue weighted by Crippen LogP contribution is -2.32. The van der Waals surface area contributed by atoms with Crippen LogP contribution in [0.4, 0.5) is 0 Å². The van der Waals surface area contributed by atoms with E-state index in [2.05, 4.69) is 26.3 Å². The van der Waals surface area contributed by atoms with Gasteiger partial charge in [-0.2, -0.15) is 5.10 Å². The summed E-state index contributed by atoms with van der Waals surface area (Å²) < 4.78 is 2.37. The molecule has 0 radical (unpaired) electrons. The predicted octanol–water partition coefficient (Wildman–Crippen LogP) is 1.71. The van der Waals surface area contributed by atoms with Crippen LogP contribution in [0.5, 0.6) is 0 Å². The van der Waals surface area contributed by atoms with Crippen molar-refractivity contribution in [2.75, 3.05) is 6.54 Å². The molecule has 0 bridgehead atoms. The Morgan fingerprint density at radius 2 is 2.47 bits per heavy atom. The Morgan fingerprint density at radius 1 is 1.73 bits per heavy atom. The highest BCUT2D eigenvalue weighted by Gasteiger charge is 2.20. The first-order valence-electron chi connectivity index (χ1n) is 5.14. The summed E-state index contributed by atoms with van der Waals surface area (Å²) in [7, 11) is 1.80. The number of hydrogen-bond acceptors (Lipinski definition) is 2. The fourth-order valence-electron chi connectivity index (χ4n) is 1.63. The molecule has 0 saturated heterocycles. The first-order chi connectivity index (χ1) is 7.16. The molecule has 0 aliphatic heterocycles. The molecule has 1 saturated carbocycles. The molecule has 1 N–H and O–H groups in total. The van der Waals surface area contributed by atoms with Crippen LogP contribution in [0.3, 0.4) is 0 Å². The van der Waals surface area contributed by atoms with E-state index in [1.54, 1.807) is 17.9 Å². The van der Waals surface area contributed by atoms with Gasteiger partial charge in [0, 0.05) is 19.8 Å². The lowest BCUT2D eigenvalue weighted by molar-refractivity contribution is 0.0932. The van der Waals surface area contributed by atoms with Gasteiger partial charge >= 0.3 is 0 Å². The lowest BCUT2D eigenvalue weighted by atomic mass is 9.85. The zero-order valence-corrected chi connectivity index (χ0v) is 10.2. The molecule has 1 aromatic rings. The van der Waals surface area contributed by atoms with Crippen LogP contribution in [0.15, 0.2) is 10.7 Å². The average molecular weight is 272 g/mol. The third-order valence-electron chi connectivity index (χ3n) is 2.78. The fourth-order valence-corrected chi connectivity index (χ4v) is 2.19. The quantitative estimate of drug-likeness (QED) is 0.910. The Hall–Kier alpha value is -0.840. The number of nitrogens with one attached hydrogen (secondary N) is 1. The summed E-state index contributed by atoms with van der Waals surface area (Å²) in [5, 5.41) is 7.00. The van der Waals surface area contributed by atoms with Gasteiger partial charge in [0.15, 0.2) is 5.69 Å². The molecular weight excluding hydrogens is 258 g/mol. The Balaban J connectivity index is 1.92. The van der Waals surface area contributed by atoms with Gasteiger partial charge in [0.1, 0.15) is 0 Å². The normalized spacial score (nSPS) is 16.1. The van der Waals surface area contributed by atoms with Crippen molar-refractivity contribution in [1.29, 1.82) is 0 Å². The lowest BCUT2D eigenvalue weighted by Gasteiger charge is -2.25. The minimum atomic E-state index is -0.0885. The zero-order chi connectivity index (χ0) is 10.8. The van der Waals surface area contributed by atoms with Gasteiger partial charge in [0.2, 0.25) is 0 Å². The van der Waals surface area contributed by atoms with E-state index >= 15 is 0 Å². The second kappa shape index (κ2) is 4.35. The maximum Gasteiger partial charge on any atom is 0.272 e. The zero-order valence-electron chi connectivity index (χ0n) is 8.66. The summed E-state index contributed by atoms with van der Waals surface area (Å²) in [6.07, 6.45) is 5.55. The number of carbonyl (C=O) groups excluding carboxylic acids is 1. The number of aromatic nitrogens is 2. The van der Waals surface area contributed by atoms with E-state index in [0.717, 1.165) is 11.0 Å². The van der Waals surface area contributed by atoms with Gasteiger partial charge in [-0.15, -0.1) is 0 Å². The first kappa shape index (κ1) is 10.7. The Labute approximate surface area is 97.2 Å². The second-order valence-corrected chi connectivity index (χ2v) is 4.86. The molecule has 1 aliphatic carbocycles. The van der Waals surface area contributed by atoms with Crippen molar-refractivity contribution in [3.8, 4) is 0 Å². The van der Waals surface area contributed by atoms with Gasteiger partial charge in [-0.1, -0.05) is 6.42 Å². The van der Waals surface area contributed by atoms with Crippen molar-refractivity contribution in [2.24, 2.45) is 13.0 Å². The standard InChI is InChI=1S/C10H14BrN3O/c1-14-6-8(11)9(13-14)10(15)12-5-7-3-2-4-7/h6-7H,2-5H2,1H3,(H,12,15). The minimum absolute atomic E-state index is 0.0885. The van der Waals surface area contributed by atoms with Gasteiger partial charge in [-0.3, -0.25) is 9.48 Å². The Bertz CT molecular complexity index is 371. The van der Waals surface area contributed by atoms with Crippen LogP contribution >= 0.6 is 15.9 Å². The Morgan fingerprint density at radius 3 is 2.93 bits per heavy atom. The highest BCUT2D eigenvalue weighted by molar-refractivity contribution is 9.10. The Kier molecular flexibility index (Phi) is 3.09. The van der Waals surface area contributed by atoms with Gasteiger partial charge in [-0.05, 0) is 34.7 Å². The smallest absolute Gasteiger partial charge is 0.272 e. The molecule has 0 spiro atoms. The number of aryl methyl sites for hydroxylation is 1. The average Bonchev–Trinajstić information content (AvgIpc) is 2.42. The van der Waals surface area contributed by atoms with Gasteiger partial charge in [0.05, 0.1) is 4.47 Å². The third-order valence-corrected chi connectivity index (χ3v) is 3.36. The molecule has 5 heteroatoms. The molecule has 1 aliphatic rings. The monoisotopic (exact) mass is 271 g/mol. The van der Waals surface area contributed by atoms with Crippen LogP contribution in [-0.2, 0) is 7.05 Å². The van der Waals surface area contributed by atoms with Crippen molar-refractivity contribution < 1.29 is 4.79 Å². The largest absolute Gasteiger partial charge is 0.350 e. The number of rotatable bonds is 3. The number of hydrogen-bond donors (Lipinski definition) is 1. The molecule has 1 fully saturated rings. The first-order valence-corrected chi connectivity index (χ1v) is 5.93. The van der Waals surface area contributed by atoms with E-state index in [0.29, 0.717) is 11.6 Å². The molecule has 0 aromatic carbocycles. The predicted molar refractivity (Wildman–Crippen MR) is 60.6 cm³/mol. The minimum Gasteiger partial charge on any atom is -0.350 e. The summed E-state index contributed by atoms with van der Waals surface area (Å²) in [4.78, 5) is 11.7. The molecule has 1 heterocycles. The van der Waals surface area contributed by atoms with Gasteiger partial charge in [0.25, 0.3) is 5.91 Å². The molecule has 1 aromatic heterocycles. The summed E-state index contributed by atoms with van der Waals surface area (Å²) in [6, 6.07) is 0. The number of amides is 1. The SMILES string of the molecule is Cn1cc(Br)c(C(=O)NCC2CCC2)n1. The van der Waals surface area contributed by atoms with Gasteiger partial charge in [-0.25, -0.2) is 0 Å². The molecule has 0 unspecified atom stereocenters. The van der Waals surface area contributed by atoms with Crippen LogP contribution in [-0.4, -0.2) is 22.2 Å². The van der Waals surface area contributed by atoms with Crippen molar-refractivity contribution in [3.05, 3.63) is 16.4 Å². The number of nitrogens with zero attached hydrogens (tertiary/aromatic N) is 2. The van der Waals surface area contributed by atoms with Crippen LogP contribution in [0, 0.1) is 5.92 Å². The topological polar surface area (TPSA) is 46.9 Å². The summed E-state index contributed by atoms with van der Waals surface area (Å²) in [5.41, 5.74) is 0.469. The molecular formula is C10H14BrN3O. The van der Waals surface area contributed by atoms with E-state index in [1.807, 2.05) is 0 Å². The van der Waals surface area contributed by atoms with Crippen LogP contribution < -0.4 is 5.32 Å². The maximum atomic E-state index is 11.7. The van der Waals surface area contributed by atoms with Crippen LogP contribution in [0.2, 0.25) is 0 Å². The van der Waals surface area contributed by atoms with E-state index in [-0.39, 0.29) is 5.91 Å².